The third kappa shape index (κ3) is 1.69. The molecule has 4 aromatic rings. The van der Waals surface area contributed by atoms with Crippen LogP contribution < -0.4 is 0 Å². The summed E-state index contributed by atoms with van der Waals surface area (Å²) in [5.74, 6) is 0. The highest BCUT2D eigenvalue weighted by molar-refractivity contribution is 9.10. The van der Waals surface area contributed by atoms with E-state index < -0.39 is 0 Å². The Hall–Kier alpha value is -2.12. The first-order valence-electron chi connectivity index (χ1n) is 7.54. The van der Waals surface area contributed by atoms with Gasteiger partial charge in [-0.3, -0.25) is 0 Å². The summed E-state index contributed by atoms with van der Waals surface area (Å²) in [6, 6.07) is 20.2. The molecule has 0 atom stereocenters. The van der Waals surface area contributed by atoms with Gasteiger partial charge in [0.15, 0.2) is 0 Å². The molecule has 0 aliphatic heterocycles. The zero-order valence-corrected chi connectivity index (χ0v) is 13.5. The van der Waals surface area contributed by atoms with Gasteiger partial charge in [0, 0.05) is 4.47 Å². The Labute approximate surface area is 137 Å². The summed E-state index contributed by atoms with van der Waals surface area (Å²) in [5, 5.41) is 7.94. The van der Waals surface area contributed by atoms with Crippen LogP contribution in [0.1, 0.15) is 11.1 Å². The van der Waals surface area contributed by atoms with Crippen LogP contribution in [0.4, 0.5) is 0 Å². The number of allylic oxidation sites excluding steroid dienone is 1. The molecule has 0 bridgehead atoms. The van der Waals surface area contributed by atoms with Gasteiger partial charge >= 0.3 is 0 Å². The first-order valence-corrected chi connectivity index (χ1v) is 8.33. The van der Waals surface area contributed by atoms with E-state index in [0.717, 1.165) is 10.9 Å². The lowest BCUT2D eigenvalue weighted by atomic mass is 9.94. The number of benzene rings is 4. The Bertz CT molecular complexity index is 1100. The third-order valence-corrected chi connectivity index (χ3v) is 5.18. The summed E-state index contributed by atoms with van der Waals surface area (Å²) >= 11 is 3.56. The molecule has 0 unspecified atom stereocenters. The largest absolute Gasteiger partial charge is 0.0795 e. The van der Waals surface area contributed by atoms with Gasteiger partial charge in [-0.1, -0.05) is 58.4 Å². The van der Waals surface area contributed by atoms with E-state index in [2.05, 4.69) is 82.7 Å². The molecular formula is C21H13Br. The number of fused-ring (bicyclic) bond motifs is 6. The van der Waals surface area contributed by atoms with Crippen LogP contribution >= 0.6 is 15.9 Å². The van der Waals surface area contributed by atoms with Crippen molar-refractivity contribution in [2.45, 2.75) is 6.42 Å². The van der Waals surface area contributed by atoms with E-state index in [1.807, 2.05) is 0 Å². The van der Waals surface area contributed by atoms with Crippen LogP contribution in [-0.4, -0.2) is 0 Å². The second kappa shape index (κ2) is 4.44. The lowest BCUT2D eigenvalue weighted by Gasteiger charge is -2.10. The summed E-state index contributed by atoms with van der Waals surface area (Å²) in [5.41, 5.74) is 2.84. The van der Waals surface area contributed by atoms with Gasteiger partial charge in [-0.2, -0.15) is 0 Å². The molecule has 0 saturated heterocycles. The van der Waals surface area contributed by atoms with Gasteiger partial charge in [0.05, 0.1) is 0 Å². The fourth-order valence-electron chi connectivity index (χ4n) is 3.60. The van der Waals surface area contributed by atoms with Gasteiger partial charge in [-0.25, -0.2) is 0 Å². The average Bonchev–Trinajstić information content (AvgIpc) is 3.01. The van der Waals surface area contributed by atoms with Crippen molar-refractivity contribution in [1.82, 2.24) is 0 Å². The van der Waals surface area contributed by atoms with Gasteiger partial charge in [0.1, 0.15) is 0 Å². The smallest absolute Gasteiger partial charge is 0.0181 e. The molecule has 0 heterocycles. The van der Waals surface area contributed by atoms with Crippen molar-refractivity contribution >= 4 is 54.3 Å². The molecule has 1 aliphatic carbocycles. The molecule has 104 valence electrons. The molecule has 0 aromatic heterocycles. The van der Waals surface area contributed by atoms with E-state index in [1.165, 1.54) is 43.4 Å². The molecule has 0 amide bonds. The van der Waals surface area contributed by atoms with Crippen LogP contribution in [0.15, 0.2) is 65.1 Å². The normalized spacial score (nSPS) is 13.3. The predicted octanol–water partition coefficient (Wildman–Crippen LogP) is 6.48. The molecule has 0 N–H and O–H groups in total. The van der Waals surface area contributed by atoms with Gasteiger partial charge < -0.3 is 0 Å². The van der Waals surface area contributed by atoms with Crippen molar-refractivity contribution in [3.05, 3.63) is 76.3 Å². The summed E-state index contributed by atoms with van der Waals surface area (Å²) < 4.78 is 1.13. The lowest BCUT2D eigenvalue weighted by Crippen LogP contribution is -1.86. The average molecular weight is 345 g/mol. The fraction of sp³-hybridized carbons (Fsp3) is 0.0476. The Balaban J connectivity index is 1.96. The maximum absolute atomic E-state index is 3.56. The minimum atomic E-state index is 1.06. The van der Waals surface area contributed by atoms with E-state index in [0.29, 0.717) is 0 Å². The summed E-state index contributed by atoms with van der Waals surface area (Å²) in [6.45, 7) is 0. The molecule has 0 saturated carbocycles. The van der Waals surface area contributed by atoms with Crippen molar-refractivity contribution in [3.63, 3.8) is 0 Å². The summed E-state index contributed by atoms with van der Waals surface area (Å²) in [7, 11) is 0. The molecule has 0 nitrogen and oxygen atoms in total. The van der Waals surface area contributed by atoms with E-state index in [-0.39, 0.29) is 0 Å². The molecule has 0 fully saturated rings. The number of hydrogen-bond acceptors (Lipinski definition) is 0. The Morgan fingerprint density at radius 2 is 1.55 bits per heavy atom. The minimum absolute atomic E-state index is 1.06. The van der Waals surface area contributed by atoms with E-state index in [1.54, 1.807) is 0 Å². The second-order valence-electron chi connectivity index (χ2n) is 5.97. The van der Waals surface area contributed by atoms with E-state index in [9.17, 15) is 0 Å². The molecule has 1 heteroatoms. The molecule has 22 heavy (non-hydrogen) atoms. The zero-order chi connectivity index (χ0) is 14.7. The highest BCUT2D eigenvalue weighted by Crippen LogP contribution is 2.35. The second-order valence-corrected chi connectivity index (χ2v) is 6.89. The molecule has 0 radical (unpaired) electrons. The van der Waals surface area contributed by atoms with Crippen LogP contribution in [0.3, 0.4) is 0 Å². The monoisotopic (exact) mass is 344 g/mol. The van der Waals surface area contributed by atoms with Crippen LogP contribution in [-0.2, 0) is 6.42 Å². The summed E-state index contributed by atoms with van der Waals surface area (Å²) in [6.07, 6.45) is 5.59. The Morgan fingerprint density at radius 3 is 2.50 bits per heavy atom. The topological polar surface area (TPSA) is 0 Å². The first kappa shape index (κ1) is 12.4. The lowest BCUT2D eigenvalue weighted by molar-refractivity contribution is 1.32. The van der Waals surface area contributed by atoms with Crippen molar-refractivity contribution < 1.29 is 0 Å². The zero-order valence-electron chi connectivity index (χ0n) is 11.9. The van der Waals surface area contributed by atoms with Crippen LogP contribution in [0.2, 0.25) is 0 Å². The van der Waals surface area contributed by atoms with Crippen LogP contribution in [0, 0.1) is 0 Å². The maximum Gasteiger partial charge on any atom is 0.0181 e. The van der Waals surface area contributed by atoms with E-state index in [4.69, 9.17) is 0 Å². The molecule has 0 spiro atoms. The van der Waals surface area contributed by atoms with Crippen molar-refractivity contribution in [2.24, 2.45) is 0 Å². The maximum atomic E-state index is 3.56. The van der Waals surface area contributed by atoms with Crippen molar-refractivity contribution in [2.75, 3.05) is 0 Å². The SMILES string of the molecule is Brc1ccc2cc3c(ccc4c5c(ccc43)CC=C5)cc2c1. The van der Waals surface area contributed by atoms with E-state index >= 15 is 0 Å². The number of hydrogen-bond donors (Lipinski definition) is 0. The highest BCUT2D eigenvalue weighted by atomic mass is 79.9. The van der Waals surface area contributed by atoms with Gasteiger partial charge in [-0.15, -0.1) is 0 Å². The first-order chi connectivity index (χ1) is 10.8. The van der Waals surface area contributed by atoms with Gasteiger partial charge in [-0.05, 0) is 74.1 Å². The van der Waals surface area contributed by atoms with Crippen LogP contribution in [0.5, 0.6) is 0 Å². The molecular weight excluding hydrogens is 332 g/mol. The standard InChI is InChI=1S/C21H13Br/c22-17-7-4-14-12-21-15(10-16(14)11-17)6-9-19-18-3-1-2-13(18)5-8-20(19)21/h1,3-12H,2H2. The highest BCUT2D eigenvalue weighted by Gasteiger charge is 2.11. The minimum Gasteiger partial charge on any atom is -0.0795 e. The Kier molecular flexibility index (Phi) is 2.51. The van der Waals surface area contributed by atoms with Gasteiger partial charge in [0.2, 0.25) is 0 Å². The van der Waals surface area contributed by atoms with Crippen LogP contribution in [0.25, 0.3) is 38.4 Å². The fourth-order valence-corrected chi connectivity index (χ4v) is 3.98. The number of halogens is 1. The summed E-state index contributed by atoms with van der Waals surface area (Å²) in [4.78, 5) is 0. The molecule has 5 rings (SSSR count). The van der Waals surface area contributed by atoms with Crippen molar-refractivity contribution in [3.8, 4) is 0 Å². The third-order valence-electron chi connectivity index (χ3n) is 4.69. The van der Waals surface area contributed by atoms with Gasteiger partial charge in [0.25, 0.3) is 0 Å². The predicted molar refractivity (Wildman–Crippen MR) is 99.4 cm³/mol. The Morgan fingerprint density at radius 1 is 0.682 bits per heavy atom. The quantitative estimate of drug-likeness (QED) is 0.253. The van der Waals surface area contributed by atoms with Crippen molar-refractivity contribution in [1.29, 1.82) is 0 Å². The number of rotatable bonds is 0. The molecule has 4 aromatic carbocycles. The molecule has 1 aliphatic rings.